The zero-order valence-corrected chi connectivity index (χ0v) is 11.6. The Morgan fingerprint density at radius 3 is 2.75 bits per heavy atom. The molecule has 1 aromatic rings. The molecule has 2 rings (SSSR count). The molecule has 1 heterocycles. The van der Waals surface area contributed by atoms with Gasteiger partial charge in [-0.05, 0) is 25.3 Å². The Kier molecular flexibility index (Phi) is 4.74. The number of hydrogen-bond acceptors (Lipinski definition) is 3. The summed E-state index contributed by atoms with van der Waals surface area (Å²) < 4.78 is 0. The third kappa shape index (κ3) is 3.36. The normalized spacial score (nSPS) is 24.4. The van der Waals surface area contributed by atoms with Crippen LogP contribution in [0.5, 0.6) is 0 Å². The van der Waals surface area contributed by atoms with Gasteiger partial charge in [0.1, 0.15) is 6.04 Å². The van der Waals surface area contributed by atoms with Crippen molar-refractivity contribution in [2.75, 3.05) is 6.54 Å². The minimum atomic E-state index is -0.623. The maximum atomic E-state index is 12.2. The van der Waals surface area contributed by atoms with Gasteiger partial charge in [0.25, 0.3) is 0 Å². The Morgan fingerprint density at radius 1 is 1.40 bits per heavy atom. The highest BCUT2D eigenvalue weighted by molar-refractivity contribution is 5.90. The molecular formula is C15H21N3O2. The Balaban J connectivity index is 2.24. The van der Waals surface area contributed by atoms with Gasteiger partial charge in [-0.2, -0.15) is 0 Å². The molecule has 1 aromatic carbocycles. The largest absolute Gasteiger partial charge is 0.354 e. The highest BCUT2D eigenvalue weighted by Gasteiger charge is 2.33. The van der Waals surface area contributed by atoms with E-state index in [-0.39, 0.29) is 17.7 Å². The van der Waals surface area contributed by atoms with Crippen molar-refractivity contribution < 1.29 is 9.59 Å². The fourth-order valence-electron chi connectivity index (χ4n) is 2.50. The van der Waals surface area contributed by atoms with E-state index in [0.717, 1.165) is 18.4 Å². The quantitative estimate of drug-likeness (QED) is 0.751. The van der Waals surface area contributed by atoms with Gasteiger partial charge in [-0.1, -0.05) is 30.3 Å². The van der Waals surface area contributed by atoms with Crippen LogP contribution in [-0.2, 0) is 9.59 Å². The lowest BCUT2D eigenvalue weighted by atomic mass is 9.87. The molecule has 108 valence electrons. The van der Waals surface area contributed by atoms with Crippen LogP contribution >= 0.6 is 0 Å². The van der Waals surface area contributed by atoms with Crippen molar-refractivity contribution >= 4 is 11.8 Å². The molecule has 3 atom stereocenters. The van der Waals surface area contributed by atoms with Gasteiger partial charge in [0.05, 0.1) is 6.04 Å². The van der Waals surface area contributed by atoms with Gasteiger partial charge in [0, 0.05) is 12.5 Å². The number of carbonyl (C=O) groups is 2. The van der Waals surface area contributed by atoms with E-state index in [0.29, 0.717) is 6.54 Å². The van der Waals surface area contributed by atoms with E-state index in [1.54, 1.807) is 6.92 Å². The van der Waals surface area contributed by atoms with E-state index in [1.165, 1.54) is 0 Å². The number of benzene rings is 1. The molecule has 5 nitrogen and oxygen atoms in total. The average Bonchev–Trinajstić information content (AvgIpc) is 2.62. The molecule has 1 fully saturated rings. The molecule has 1 saturated heterocycles. The highest BCUT2D eigenvalue weighted by Crippen LogP contribution is 2.26. The Labute approximate surface area is 118 Å². The predicted molar refractivity (Wildman–Crippen MR) is 77.0 cm³/mol. The van der Waals surface area contributed by atoms with Gasteiger partial charge in [0.2, 0.25) is 11.8 Å². The SMILES string of the molecule is C[C@H](N)C(=O)N[C@@H]1C(=O)NCCC[C@@H]1c1ccccc1. The molecule has 4 N–H and O–H groups in total. The lowest BCUT2D eigenvalue weighted by Crippen LogP contribution is -2.52. The number of hydrogen-bond donors (Lipinski definition) is 3. The standard InChI is InChI=1S/C15H21N3O2/c1-10(16)14(19)18-13-12(8-5-9-17-15(13)20)11-6-3-2-4-7-11/h2-4,6-7,10,12-13H,5,8-9,16H2,1H3,(H,17,20)(H,18,19)/t10-,12+,13-/m0/s1. The Morgan fingerprint density at radius 2 is 2.10 bits per heavy atom. The summed E-state index contributed by atoms with van der Waals surface area (Å²) in [7, 11) is 0. The molecular weight excluding hydrogens is 254 g/mol. The van der Waals surface area contributed by atoms with E-state index in [1.807, 2.05) is 30.3 Å². The van der Waals surface area contributed by atoms with Gasteiger partial charge in [0.15, 0.2) is 0 Å². The fraction of sp³-hybridized carbons (Fsp3) is 0.467. The minimum Gasteiger partial charge on any atom is -0.354 e. The number of rotatable bonds is 3. The summed E-state index contributed by atoms with van der Waals surface area (Å²) in [6, 6.07) is 8.64. The monoisotopic (exact) mass is 275 g/mol. The van der Waals surface area contributed by atoms with Crippen LogP contribution in [0.2, 0.25) is 0 Å². The van der Waals surface area contributed by atoms with E-state index in [2.05, 4.69) is 10.6 Å². The van der Waals surface area contributed by atoms with E-state index in [9.17, 15) is 9.59 Å². The smallest absolute Gasteiger partial charge is 0.243 e. The number of amides is 2. The number of carbonyl (C=O) groups excluding carboxylic acids is 2. The topological polar surface area (TPSA) is 84.2 Å². The molecule has 5 heteroatoms. The van der Waals surface area contributed by atoms with Crippen LogP contribution in [0.3, 0.4) is 0 Å². The number of nitrogens with one attached hydrogen (secondary N) is 2. The first kappa shape index (κ1) is 14.5. The summed E-state index contributed by atoms with van der Waals surface area (Å²) in [4.78, 5) is 24.0. The molecule has 2 amide bonds. The second kappa shape index (κ2) is 6.52. The molecule has 0 bridgehead atoms. The van der Waals surface area contributed by atoms with Crippen LogP contribution in [0.15, 0.2) is 30.3 Å². The van der Waals surface area contributed by atoms with Crippen molar-refractivity contribution in [3.8, 4) is 0 Å². The summed E-state index contributed by atoms with van der Waals surface area (Å²) in [6.07, 6.45) is 1.75. The first-order chi connectivity index (χ1) is 9.59. The summed E-state index contributed by atoms with van der Waals surface area (Å²) >= 11 is 0. The van der Waals surface area contributed by atoms with Gasteiger partial charge in [-0.15, -0.1) is 0 Å². The molecule has 1 aliphatic heterocycles. The molecule has 0 spiro atoms. The second-order valence-corrected chi connectivity index (χ2v) is 5.23. The number of nitrogens with two attached hydrogens (primary N) is 1. The van der Waals surface area contributed by atoms with Gasteiger partial charge in [-0.3, -0.25) is 9.59 Å². The lowest BCUT2D eigenvalue weighted by molar-refractivity contribution is -0.129. The summed E-state index contributed by atoms with van der Waals surface area (Å²) in [6.45, 7) is 2.26. The Bertz CT molecular complexity index is 473. The summed E-state index contributed by atoms with van der Waals surface area (Å²) in [5.41, 5.74) is 6.65. The summed E-state index contributed by atoms with van der Waals surface area (Å²) in [5, 5.41) is 5.62. The molecule has 1 aliphatic rings. The first-order valence-corrected chi connectivity index (χ1v) is 6.98. The van der Waals surface area contributed by atoms with Gasteiger partial charge in [-0.25, -0.2) is 0 Å². The molecule has 20 heavy (non-hydrogen) atoms. The van der Waals surface area contributed by atoms with Crippen LogP contribution in [0, 0.1) is 0 Å². The van der Waals surface area contributed by atoms with Crippen LogP contribution in [0.1, 0.15) is 31.2 Å². The molecule has 0 saturated carbocycles. The average molecular weight is 275 g/mol. The van der Waals surface area contributed by atoms with Crippen molar-refractivity contribution in [1.82, 2.24) is 10.6 Å². The fourth-order valence-corrected chi connectivity index (χ4v) is 2.50. The Hall–Kier alpha value is -1.88. The molecule has 0 aromatic heterocycles. The molecule has 0 radical (unpaired) electrons. The highest BCUT2D eigenvalue weighted by atomic mass is 16.2. The van der Waals surface area contributed by atoms with Gasteiger partial charge < -0.3 is 16.4 Å². The molecule has 0 unspecified atom stereocenters. The van der Waals surface area contributed by atoms with Crippen molar-refractivity contribution in [3.05, 3.63) is 35.9 Å². The summed E-state index contributed by atoms with van der Waals surface area (Å²) in [5.74, 6) is -0.445. The van der Waals surface area contributed by atoms with E-state index >= 15 is 0 Å². The first-order valence-electron chi connectivity index (χ1n) is 6.98. The van der Waals surface area contributed by atoms with Crippen LogP contribution in [-0.4, -0.2) is 30.4 Å². The minimum absolute atomic E-state index is 0.0126. The van der Waals surface area contributed by atoms with Crippen molar-refractivity contribution in [3.63, 3.8) is 0 Å². The zero-order valence-electron chi connectivity index (χ0n) is 11.6. The van der Waals surface area contributed by atoms with Gasteiger partial charge >= 0.3 is 0 Å². The van der Waals surface area contributed by atoms with E-state index < -0.39 is 12.1 Å². The van der Waals surface area contributed by atoms with E-state index in [4.69, 9.17) is 5.73 Å². The van der Waals surface area contributed by atoms with Crippen LogP contribution in [0.4, 0.5) is 0 Å². The van der Waals surface area contributed by atoms with Crippen LogP contribution < -0.4 is 16.4 Å². The van der Waals surface area contributed by atoms with Crippen LogP contribution in [0.25, 0.3) is 0 Å². The third-order valence-corrected chi connectivity index (χ3v) is 3.62. The zero-order chi connectivity index (χ0) is 14.5. The van der Waals surface area contributed by atoms with Crippen molar-refractivity contribution in [2.24, 2.45) is 5.73 Å². The lowest BCUT2D eigenvalue weighted by Gasteiger charge is -2.25. The van der Waals surface area contributed by atoms with Crippen molar-refractivity contribution in [2.45, 2.75) is 37.8 Å². The molecule has 0 aliphatic carbocycles. The van der Waals surface area contributed by atoms with Crippen molar-refractivity contribution in [1.29, 1.82) is 0 Å². The second-order valence-electron chi connectivity index (χ2n) is 5.23. The third-order valence-electron chi connectivity index (χ3n) is 3.62. The predicted octanol–water partition coefficient (Wildman–Crippen LogP) is 0.512. The maximum absolute atomic E-state index is 12.2. The maximum Gasteiger partial charge on any atom is 0.243 e.